The summed E-state index contributed by atoms with van der Waals surface area (Å²) < 4.78 is 49.1. The van der Waals surface area contributed by atoms with Crippen molar-refractivity contribution in [3.8, 4) is 5.75 Å². The number of hydrogen-bond donors (Lipinski definition) is 1. The fraction of sp³-hybridized carbons (Fsp3) is 0.235. The second-order valence-corrected chi connectivity index (χ2v) is 12.9. The number of amides is 2. The summed E-state index contributed by atoms with van der Waals surface area (Å²) in [5.41, 5.74) is 1.80. The molecule has 45 heavy (non-hydrogen) atoms. The Morgan fingerprint density at radius 3 is 2.11 bits per heavy atom. The van der Waals surface area contributed by atoms with E-state index in [0.717, 1.165) is 44.2 Å². The van der Waals surface area contributed by atoms with E-state index in [2.05, 4.69) is 21.2 Å². The van der Waals surface area contributed by atoms with Gasteiger partial charge in [-0.05, 0) is 85.6 Å². The van der Waals surface area contributed by atoms with E-state index in [1.807, 2.05) is 61.5 Å². The summed E-state index contributed by atoms with van der Waals surface area (Å²) in [6, 6.07) is 26.5. The molecule has 0 aromatic heterocycles. The van der Waals surface area contributed by atoms with Crippen molar-refractivity contribution in [2.45, 2.75) is 37.8 Å². The highest BCUT2D eigenvalue weighted by atomic mass is 79.9. The van der Waals surface area contributed by atoms with Crippen molar-refractivity contribution in [3.05, 3.63) is 125 Å². The Labute approximate surface area is 272 Å². The van der Waals surface area contributed by atoms with Crippen LogP contribution in [0.4, 0.5) is 10.1 Å². The quantitative estimate of drug-likeness (QED) is 0.176. The van der Waals surface area contributed by atoms with Crippen molar-refractivity contribution in [2.24, 2.45) is 0 Å². The fourth-order valence-electron chi connectivity index (χ4n) is 4.77. The van der Waals surface area contributed by atoms with Crippen LogP contribution in [0.3, 0.4) is 0 Å². The lowest BCUT2D eigenvalue weighted by Gasteiger charge is -2.34. The fourth-order valence-corrected chi connectivity index (χ4v) is 6.45. The van der Waals surface area contributed by atoms with Crippen LogP contribution in [-0.2, 0) is 32.6 Å². The standard InChI is InChI=1S/C34H35BrFN3O5S/c1-3-37-34(41)32(22-25-8-6-5-7-9-25)38(23-26-10-12-27(35)13-11-26)33(40)24-39(29-16-18-30(19-17-29)44-4-2)45(42,43)31-20-14-28(36)15-21-31/h5-21,32H,3-4,22-24H2,1-2H3,(H,37,41)/t32-/m0/s1. The minimum atomic E-state index is -4.35. The number of hydrogen-bond acceptors (Lipinski definition) is 5. The molecule has 0 spiro atoms. The molecule has 2 amide bonds. The first kappa shape index (κ1) is 33.7. The van der Waals surface area contributed by atoms with Gasteiger partial charge in [0.15, 0.2) is 0 Å². The Kier molecular flexibility index (Phi) is 11.7. The van der Waals surface area contributed by atoms with Gasteiger partial charge in [0.1, 0.15) is 24.2 Å². The van der Waals surface area contributed by atoms with Gasteiger partial charge in [0.25, 0.3) is 10.0 Å². The number of rotatable bonds is 14. The van der Waals surface area contributed by atoms with Gasteiger partial charge >= 0.3 is 0 Å². The van der Waals surface area contributed by atoms with Gasteiger partial charge in [-0.25, -0.2) is 12.8 Å². The van der Waals surface area contributed by atoms with Gasteiger partial charge in [-0.3, -0.25) is 13.9 Å². The third-order valence-corrected chi connectivity index (χ3v) is 9.32. The third kappa shape index (κ3) is 8.92. The van der Waals surface area contributed by atoms with Crippen molar-refractivity contribution in [1.82, 2.24) is 10.2 Å². The molecule has 4 aromatic rings. The van der Waals surface area contributed by atoms with E-state index < -0.39 is 34.3 Å². The number of nitrogens with one attached hydrogen (secondary N) is 1. The van der Waals surface area contributed by atoms with Gasteiger partial charge in [-0.15, -0.1) is 0 Å². The van der Waals surface area contributed by atoms with Crippen LogP contribution < -0.4 is 14.4 Å². The molecule has 1 atom stereocenters. The van der Waals surface area contributed by atoms with Crippen LogP contribution in [0.5, 0.6) is 5.75 Å². The second kappa shape index (κ2) is 15.7. The molecule has 0 radical (unpaired) electrons. The van der Waals surface area contributed by atoms with Crippen LogP contribution in [-0.4, -0.2) is 50.9 Å². The molecular formula is C34H35BrFN3O5S. The minimum Gasteiger partial charge on any atom is -0.494 e. The highest BCUT2D eigenvalue weighted by molar-refractivity contribution is 9.10. The Morgan fingerprint density at radius 2 is 1.51 bits per heavy atom. The maximum Gasteiger partial charge on any atom is 0.264 e. The molecule has 0 bridgehead atoms. The summed E-state index contributed by atoms with van der Waals surface area (Å²) in [6.07, 6.45) is 0.211. The Hall–Kier alpha value is -4.22. The zero-order valence-corrected chi connectivity index (χ0v) is 27.4. The van der Waals surface area contributed by atoms with E-state index in [1.54, 1.807) is 31.2 Å². The van der Waals surface area contributed by atoms with E-state index in [-0.39, 0.29) is 29.5 Å². The van der Waals surface area contributed by atoms with Crippen molar-refractivity contribution < 1.29 is 27.1 Å². The normalized spacial score (nSPS) is 11.8. The summed E-state index contributed by atoms with van der Waals surface area (Å²) in [7, 11) is -4.35. The summed E-state index contributed by atoms with van der Waals surface area (Å²) in [5.74, 6) is -1.02. The zero-order valence-electron chi connectivity index (χ0n) is 25.0. The van der Waals surface area contributed by atoms with E-state index in [4.69, 9.17) is 4.74 Å². The molecular weight excluding hydrogens is 661 g/mol. The van der Waals surface area contributed by atoms with Crippen LogP contribution in [0.25, 0.3) is 0 Å². The molecule has 11 heteroatoms. The van der Waals surface area contributed by atoms with Gasteiger partial charge in [-0.1, -0.05) is 58.4 Å². The lowest BCUT2D eigenvalue weighted by molar-refractivity contribution is -0.140. The average molecular weight is 697 g/mol. The van der Waals surface area contributed by atoms with Crippen LogP contribution in [0.15, 0.2) is 112 Å². The molecule has 0 aliphatic heterocycles. The summed E-state index contributed by atoms with van der Waals surface area (Å²) >= 11 is 3.43. The molecule has 8 nitrogen and oxygen atoms in total. The lowest BCUT2D eigenvalue weighted by Crippen LogP contribution is -2.53. The summed E-state index contributed by atoms with van der Waals surface area (Å²) in [6.45, 7) is 3.83. The number of anilines is 1. The molecule has 0 fully saturated rings. The number of halogens is 2. The first-order valence-electron chi connectivity index (χ1n) is 14.5. The molecule has 0 aliphatic carbocycles. The third-order valence-electron chi connectivity index (χ3n) is 7.00. The monoisotopic (exact) mass is 695 g/mol. The van der Waals surface area contributed by atoms with Crippen molar-refractivity contribution in [1.29, 1.82) is 0 Å². The first-order chi connectivity index (χ1) is 21.6. The van der Waals surface area contributed by atoms with E-state index in [9.17, 15) is 22.4 Å². The maximum atomic E-state index is 14.4. The lowest BCUT2D eigenvalue weighted by atomic mass is 10.0. The number of carbonyl (C=O) groups excluding carboxylic acids is 2. The number of sulfonamides is 1. The molecule has 236 valence electrons. The summed E-state index contributed by atoms with van der Waals surface area (Å²) in [5, 5.41) is 2.84. The first-order valence-corrected chi connectivity index (χ1v) is 16.7. The minimum absolute atomic E-state index is 0.0501. The van der Waals surface area contributed by atoms with Crippen LogP contribution >= 0.6 is 15.9 Å². The van der Waals surface area contributed by atoms with E-state index in [1.165, 1.54) is 4.90 Å². The number of benzene rings is 4. The van der Waals surface area contributed by atoms with Gasteiger partial charge < -0.3 is 15.0 Å². The van der Waals surface area contributed by atoms with Gasteiger partial charge in [0, 0.05) is 24.0 Å². The maximum absolute atomic E-state index is 14.4. The van der Waals surface area contributed by atoms with Crippen molar-refractivity contribution >= 4 is 43.5 Å². The number of likely N-dealkylation sites (N-methyl/N-ethyl adjacent to an activating group) is 1. The smallest absolute Gasteiger partial charge is 0.264 e. The Bertz CT molecular complexity index is 1670. The zero-order chi connectivity index (χ0) is 32.4. The van der Waals surface area contributed by atoms with Crippen LogP contribution in [0.2, 0.25) is 0 Å². The molecule has 0 saturated carbocycles. The summed E-state index contributed by atoms with van der Waals surface area (Å²) in [4.78, 5) is 29.2. The largest absolute Gasteiger partial charge is 0.494 e. The van der Waals surface area contributed by atoms with Crippen molar-refractivity contribution in [2.75, 3.05) is 24.0 Å². The molecule has 0 unspecified atom stereocenters. The predicted octanol–water partition coefficient (Wildman–Crippen LogP) is 5.96. The van der Waals surface area contributed by atoms with Crippen LogP contribution in [0, 0.1) is 5.82 Å². The molecule has 0 saturated heterocycles. The molecule has 1 N–H and O–H groups in total. The van der Waals surface area contributed by atoms with Gasteiger partial charge in [-0.2, -0.15) is 0 Å². The van der Waals surface area contributed by atoms with E-state index in [0.29, 0.717) is 18.9 Å². The molecule has 0 aliphatic rings. The average Bonchev–Trinajstić information content (AvgIpc) is 3.03. The van der Waals surface area contributed by atoms with Gasteiger partial charge in [0.05, 0.1) is 17.2 Å². The van der Waals surface area contributed by atoms with E-state index >= 15 is 0 Å². The predicted molar refractivity (Wildman–Crippen MR) is 176 cm³/mol. The Morgan fingerprint density at radius 1 is 0.867 bits per heavy atom. The topological polar surface area (TPSA) is 96.0 Å². The highest BCUT2D eigenvalue weighted by Gasteiger charge is 2.34. The van der Waals surface area contributed by atoms with Crippen LogP contribution in [0.1, 0.15) is 25.0 Å². The molecule has 4 aromatic carbocycles. The highest BCUT2D eigenvalue weighted by Crippen LogP contribution is 2.27. The Balaban J connectivity index is 1.79. The SMILES string of the molecule is CCNC(=O)[C@H](Cc1ccccc1)N(Cc1ccc(Br)cc1)C(=O)CN(c1ccc(OCC)cc1)S(=O)(=O)c1ccc(F)cc1. The molecule has 0 heterocycles. The number of ether oxygens (including phenoxy) is 1. The molecule has 4 rings (SSSR count). The number of carbonyl (C=O) groups is 2. The number of nitrogens with zero attached hydrogens (tertiary/aromatic N) is 2. The van der Waals surface area contributed by atoms with Gasteiger partial charge in [0.2, 0.25) is 11.8 Å². The van der Waals surface area contributed by atoms with Crippen molar-refractivity contribution in [3.63, 3.8) is 0 Å². The second-order valence-electron chi connectivity index (χ2n) is 10.1.